The normalized spacial score (nSPS) is 15.8. The van der Waals surface area contributed by atoms with Crippen LogP contribution in [0.25, 0.3) is 6.08 Å². The fraction of sp³-hybridized carbons (Fsp3) is 0.111. The van der Waals surface area contributed by atoms with Crippen LogP contribution in [-0.4, -0.2) is 11.1 Å². The van der Waals surface area contributed by atoms with Crippen molar-refractivity contribution in [1.82, 2.24) is 0 Å². The van der Waals surface area contributed by atoms with Crippen molar-refractivity contribution in [2.75, 3.05) is 0 Å². The van der Waals surface area contributed by atoms with Gasteiger partial charge in [-0.25, -0.2) is 0 Å². The minimum Gasteiger partial charge on any atom is -0.489 e. The molecule has 2 N–H and O–H groups in total. The van der Waals surface area contributed by atoms with Gasteiger partial charge >= 0.3 is 0 Å². The van der Waals surface area contributed by atoms with Crippen LogP contribution in [0, 0.1) is 6.92 Å². The van der Waals surface area contributed by atoms with E-state index in [1.807, 2.05) is 24.3 Å². The summed E-state index contributed by atoms with van der Waals surface area (Å²) < 4.78 is 5.81. The van der Waals surface area contributed by atoms with Crippen LogP contribution < -0.4 is 10.5 Å². The molecule has 4 nitrogen and oxygen atoms in total. The molecule has 2 aromatic carbocycles. The Hall–Kier alpha value is -2.53. The first-order chi connectivity index (χ1) is 11.1. The Kier molecular flexibility index (Phi) is 4.48. The first-order valence-corrected chi connectivity index (χ1v) is 7.98. The minimum atomic E-state index is -0.293. The second kappa shape index (κ2) is 6.71. The number of ether oxygens (including phenoxy) is 1. The SMILES string of the molecule is Cc1ccc(COc2cccc(C=C3SC(N)=NC3=O)c2)cc1. The molecule has 0 spiro atoms. The van der Waals surface area contributed by atoms with Crippen molar-refractivity contribution in [2.24, 2.45) is 10.7 Å². The molecular formula is C18H16N2O2S. The third kappa shape index (κ3) is 4.02. The summed E-state index contributed by atoms with van der Waals surface area (Å²) in [5.41, 5.74) is 8.77. The number of hydrogen-bond donors (Lipinski definition) is 1. The van der Waals surface area contributed by atoms with Crippen molar-refractivity contribution in [3.05, 3.63) is 70.1 Å². The Morgan fingerprint density at radius 3 is 2.70 bits per heavy atom. The number of nitrogens with zero attached hydrogens (tertiary/aromatic N) is 1. The van der Waals surface area contributed by atoms with E-state index in [0.717, 1.165) is 16.9 Å². The number of rotatable bonds is 4. The van der Waals surface area contributed by atoms with E-state index in [4.69, 9.17) is 10.5 Å². The molecule has 0 saturated carbocycles. The number of amides is 1. The molecule has 0 fully saturated rings. The number of carbonyl (C=O) groups is 1. The number of carbonyl (C=O) groups excluding carboxylic acids is 1. The molecule has 0 aromatic heterocycles. The summed E-state index contributed by atoms with van der Waals surface area (Å²) in [6.07, 6.45) is 1.77. The van der Waals surface area contributed by atoms with E-state index in [-0.39, 0.29) is 11.1 Å². The van der Waals surface area contributed by atoms with Crippen molar-refractivity contribution >= 4 is 28.9 Å². The maximum Gasteiger partial charge on any atom is 0.286 e. The van der Waals surface area contributed by atoms with Crippen LogP contribution in [0.3, 0.4) is 0 Å². The molecule has 1 aliphatic heterocycles. The Balaban J connectivity index is 1.69. The van der Waals surface area contributed by atoms with Gasteiger partial charge in [-0.3, -0.25) is 4.79 Å². The van der Waals surface area contributed by atoms with E-state index < -0.39 is 0 Å². The number of thioether (sulfide) groups is 1. The van der Waals surface area contributed by atoms with E-state index in [9.17, 15) is 4.79 Å². The summed E-state index contributed by atoms with van der Waals surface area (Å²) >= 11 is 1.18. The van der Waals surface area contributed by atoms with Gasteiger partial charge in [0.25, 0.3) is 5.91 Å². The van der Waals surface area contributed by atoms with Crippen LogP contribution in [0.4, 0.5) is 0 Å². The van der Waals surface area contributed by atoms with E-state index in [0.29, 0.717) is 11.5 Å². The molecule has 116 valence electrons. The lowest BCUT2D eigenvalue weighted by atomic mass is 10.1. The zero-order chi connectivity index (χ0) is 16.2. The van der Waals surface area contributed by atoms with Crippen molar-refractivity contribution in [3.8, 4) is 5.75 Å². The summed E-state index contributed by atoms with van der Waals surface area (Å²) in [7, 11) is 0. The average molecular weight is 324 g/mol. The minimum absolute atomic E-state index is 0.285. The van der Waals surface area contributed by atoms with Gasteiger partial charge in [-0.2, -0.15) is 4.99 Å². The Labute approximate surface area is 139 Å². The van der Waals surface area contributed by atoms with Gasteiger partial charge in [0, 0.05) is 0 Å². The number of amidine groups is 1. The summed E-state index contributed by atoms with van der Waals surface area (Å²) in [6, 6.07) is 15.8. The predicted octanol–water partition coefficient (Wildman–Crippen LogP) is 3.50. The molecule has 1 aliphatic rings. The first kappa shape index (κ1) is 15.4. The highest BCUT2D eigenvalue weighted by molar-refractivity contribution is 8.18. The highest BCUT2D eigenvalue weighted by atomic mass is 32.2. The molecule has 23 heavy (non-hydrogen) atoms. The Bertz CT molecular complexity index is 795. The molecule has 2 aromatic rings. The second-order valence-electron chi connectivity index (χ2n) is 5.21. The monoisotopic (exact) mass is 324 g/mol. The van der Waals surface area contributed by atoms with E-state index in [1.165, 1.54) is 17.3 Å². The fourth-order valence-electron chi connectivity index (χ4n) is 2.12. The molecular weight excluding hydrogens is 308 g/mol. The number of hydrogen-bond acceptors (Lipinski definition) is 4. The van der Waals surface area contributed by atoms with Crippen molar-refractivity contribution < 1.29 is 9.53 Å². The van der Waals surface area contributed by atoms with Crippen LogP contribution in [0.15, 0.2) is 58.4 Å². The van der Waals surface area contributed by atoms with Gasteiger partial charge in [0.2, 0.25) is 0 Å². The van der Waals surface area contributed by atoms with E-state index in [1.54, 1.807) is 6.08 Å². The standard InChI is InChI=1S/C18H16N2O2S/c1-12-5-7-13(8-6-12)11-22-15-4-2-3-14(9-15)10-16-17(21)20-18(19)23-16/h2-10H,11H2,1H3,(H2,19,20,21). The summed E-state index contributed by atoms with van der Waals surface area (Å²) in [6.45, 7) is 2.56. The van der Waals surface area contributed by atoms with Crippen LogP contribution in [0.5, 0.6) is 5.75 Å². The van der Waals surface area contributed by atoms with Crippen LogP contribution in [0.2, 0.25) is 0 Å². The number of aliphatic imine (C=N–C) groups is 1. The zero-order valence-electron chi connectivity index (χ0n) is 12.7. The lowest BCUT2D eigenvalue weighted by Crippen LogP contribution is -2.01. The topological polar surface area (TPSA) is 64.7 Å². The van der Waals surface area contributed by atoms with Gasteiger partial charge in [0.15, 0.2) is 5.17 Å². The van der Waals surface area contributed by atoms with Crippen molar-refractivity contribution in [1.29, 1.82) is 0 Å². The van der Waals surface area contributed by atoms with Crippen LogP contribution in [0.1, 0.15) is 16.7 Å². The molecule has 5 heteroatoms. The summed E-state index contributed by atoms with van der Waals surface area (Å²) in [5.74, 6) is 0.461. The smallest absolute Gasteiger partial charge is 0.286 e. The third-order valence-corrected chi connectivity index (χ3v) is 4.13. The lowest BCUT2D eigenvalue weighted by molar-refractivity contribution is -0.113. The number of nitrogens with two attached hydrogens (primary N) is 1. The van der Waals surface area contributed by atoms with Crippen molar-refractivity contribution in [2.45, 2.75) is 13.5 Å². The second-order valence-corrected chi connectivity index (χ2v) is 6.27. The highest BCUT2D eigenvalue weighted by Crippen LogP contribution is 2.27. The van der Waals surface area contributed by atoms with Gasteiger partial charge in [-0.05, 0) is 48.0 Å². The number of benzene rings is 2. The first-order valence-electron chi connectivity index (χ1n) is 7.16. The zero-order valence-corrected chi connectivity index (χ0v) is 13.5. The van der Waals surface area contributed by atoms with Gasteiger partial charge in [0.05, 0.1) is 4.91 Å². The summed E-state index contributed by atoms with van der Waals surface area (Å²) in [5, 5.41) is 0.285. The molecule has 0 bridgehead atoms. The molecule has 0 atom stereocenters. The molecule has 1 amide bonds. The van der Waals surface area contributed by atoms with E-state index >= 15 is 0 Å². The van der Waals surface area contributed by atoms with Gasteiger partial charge in [-0.15, -0.1) is 0 Å². The largest absolute Gasteiger partial charge is 0.489 e. The van der Waals surface area contributed by atoms with Crippen molar-refractivity contribution in [3.63, 3.8) is 0 Å². The molecule has 0 unspecified atom stereocenters. The Morgan fingerprint density at radius 1 is 1.22 bits per heavy atom. The maximum atomic E-state index is 11.6. The molecule has 1 heterocycles. The molecule has 0 aliphatic carbocycles. The van der Waals surface area contributed by atoms with Gasteiger partial charge < -0.3 is 10.5 Å². The number of aryl methyl sites for hydroxylation is 1. The molecule has 0 radical (unpaired) electrons. The lowest BCUT2D eigenvalue weighted by Gasteiger charge is -2.07. The molecule has 3 rings (SSSR count). The predicted molar refractivity (Wildman–Crippen MR) is 94.2 cm³/mol. The quantitative estimate of drug-likeness (QED) is 0.874. The van der Waals surface area contributed by atoms with Gasteiger partial charge in [-0.1, -0.05) is 42.0 Å². The maximum absolute atomic E-state index is 11.6. The van der Waals surface area contributed by atoms with Crippen LogP contribution >= 0.6 is 11.8 Å². The highest BCUT2D eigenvalue weighted by Gasteiger charge is 2.19. The van der Waals surface area contributed by atoms with E-state index in [2.05, 4.69) is 36.2 Å². The average Bonchev–Trinajstić information content (AvgIpc) is 2.85. The third-order valence-electron chi connectivity index (χ3n) is 3.32. The van der Waals surface area contributed by atoms with Crippen LogP contribution in [-0.2, 0) is 11.4 Å². The van der Waals surface area contributed by atoms with Gasteiger partial charge in [0.1, 0.15) is 12.4 Å². The fourth-order valence-corrected chi connectivity index (χ4v) is 2.80. The summed E-state index contributed by atoms with van der Waals surface area (Å²) in [4.78, 5) is 15.8. The Morgan fingerprint density at radius 2 is 2.00 bits per heavy atom. The molecule has 0 saturated heterocycles.